The molecule has 4 rings (SSSR count). The average molecular weight is 383 g/mol. The number of hydrogen-bond acceptors (Lipinski definition) is 5. The number of aryl methyl sites for hydroxylation is 4. The highest BCUT2D eigenvalue weighted by Gasteiger charge is 2.31. The van der Waals surface area contributed by atoms with Crippen molar-refractivity contribution in [2.24, 2.45) is 14.1 Å². The molecule has 9 nitrogen and oxygen atoms in total. The highest BCUT2D eigenvalue weighted by atomic mass is 16.2. The van der Waals surface area contributed by atoms with Crippen LogP contribution in [0.1, 0.15) is 28.7 Å². The molecule has 0 bridgehead atoms. The van der Waals surface area contributed by atoms with E-state index in [0.29, 0.717) is 24.1 Å². The maximum atomic E-state index is 13.3. The van der Waals surface area contributed by atoms with Gasteiger partial charge in [0.15, 0.2) is 5.65 Å². The molecule has 0 spiro atoms. The van der Waals surface area contributed by atoms with Crippen LogP contribution in [0, 0.1) is 13.8 Å². The largest absolute Gasteiger partial charge is 0.336 e. The van der Waals surface area contributed by atoms with Crippen LogP contribution in [0.5, 0.6) is 0 Å². The van der Waals surface area contributed by atoms with Crippen LogP contribution in [0.2, 0.25) is 0 Å². The zero-order chi connectivity index (χ0) is 20.0. The van der Waals surface area contributed by atoms with Crippen molar-refractivity contribution in [2.45, 2.75) is 26.3 Å². The number of carbonyl (C=O) groups is 1. The minimum atomic E-state index is -0.177. The number of aromatic amines is 1. The standard InChI is InChI=1S/C19H25N7O2/c1-11-13(12(2)22-18-16(11)19(28)23-25(18)4)9-15(27)26-8-5-20-10-14(26)17-21-6-7-24(17)3/h6-7,14,20H,5,8-10H2,1-4H3,(H,23,28). The maximum Gasteiger partial charge on any atom is 0.273 e. The van der Waals surface area contributed by atoms with Crippen LogP contribution in [0.3, 0.4) is 0 Å². The summed E-state index contributed by atoms with van der Waals surface area (Å²) in [5, 5.41) is 6.64. The molecule has 1 aliphatic rings. The molecule has 0 saturated carbocycles. The van der Waals surface area contributed by atoms with Gasteiger partial charge in [-0.3, -0.25) is 19.4 Å². The highest BCUT2D eigenvalue weighted by molar-refractivity contribution is 5.85. The van der Waals surface area contributed by atoms with Crippen molar-refractivity contribution in [3.05, 3.63) is 45.4 Å². The number of fused-ring (bicyclic) bond motifs is 1. The van der Waals surface area contributed by atoms with Gasteiger partial charge in [0.1, 0.15) is 11.9 Å². The topological polar surface area (TPSA) is 101 Å². The fourth-order valence-electron chi connectivity index (χ4n) is 4.09. The van der Waals surface area contributed by atoms with Crippen LogP contribution in [-0.2, 0) is 25.3 Å². The first-order valence-corrected chi connectivity index (χ1v) is 9.40. The van der Waals surface area contributed by atoms with Gasteiger partial charge in [0.2, 0.25) is 5.91 Å². The summed E-state index contributed by atoms with van der Waals surface area (Å²) in [6, 6.07) is -0.112. The van der Waals surface area contributed by atoms with E-state index in [1.165, 1.54) is 0 Å². The molecule has 9 heteroatoms. The summed E-state index contributed by atoms with van der Waals surface area (Å²) in [7, 11) is 3.70. The Bertz CT molecular complexity index is 1110. The van der Waals surface area contributed by atoms with E-state index >= 15 is 0 Å². The molecule has 0 radical (unpaired) electrons. The van der Waals surface area contributed by atoms with Gasteiger partial charge in [0.25, 0.3) is 5.56 Å². The number of nitrogens with zero attached hydrogens (tertiary/aromatic N) is 5. The molecular weight excluding hydrogens is 358 g/mol. The second kappa shape index (κ2) is 6.90. The number of imidazole rings is 1. The molecule has 148 valence electrons. The molecule has 3 aromatic heterocycles. The summed E-state index contributed by atoms with van der Waals surface area (Å²) in [4.78, 5) is 36.4. The summed E-state index contributed by atoms with van der Waals surface area (Å²) in [5.74, 6) is 0.885. The Morgan fingerprint density at radius 2 is 2.11 bits per heavy atom. The molecule has 1 unspecified atom stereocenters. The fraction of sp³-hybridized carbons (Fsp3) is 0.474. The number of rotatable bonds is 3. The number of piperazine rings is 1. The van der Waals surface area contributed by atoms with Gasteiger partial charge in [-0.05, 0) is 25.0 Å². The third kappa shape index (κ3) is 2.91. The number of carbonyl (C=O) groups excluding carboxylic acids is 1. The maximum absolute atomic E-state index is 13.3. The molecule has 1 fully saturated rings. The number of amides is 1. The highest BCUT2D eigenvalue weighted by Crippen LogP contribution is 2.24. The smallest absolute Gasteiger partial charge is 0.273 e. The van der Waals surface area contributed by atoms with Crippen LogP contribution in [-0.4, -0.2) is 54.8 Å². The Morgan fingerprint density at radius 3 is 2.82 bits per heavy atom. The fourth-order valence-corrected chi connectivity index (χ4v) is 4.09. The Hall–Kier alpha value is -2.94. The molecule has 0 aliphatic carbocycles. The second-order valence-electron chi connectivity index (χ2n) is 7.38. The van der Waals surface area contributed by atoms with E-state index in [4.69, 9.17) is 0 Å². The molecule has 3 aromatic rings. The van der Waals surface area contributed by atoms with Gasteiger partial charge >= 0.3 is 0 Å². The lowest BCUT2D eigenvalue weighted by atomic mass is 10.0. The van der Waals surface area contributed by atoms with Crippen molar-refractivity contribution < 1.29 is 4.79 Å². The Kier molecular flexibility index (Phi) is 4.54. The third-order valence-corrected chi connectivity index (χ3v) is 5.62. The molecule has 4 heterocycles. The van der Waals surface area contributed by atoms with Gasteiger partial charge in [0.05, 0.1) is 11.8 Å². The number of pyridine rings is 1. The molecule has 1 saturated heterocycles. The van der Waals surface area contributed by atoms with Crippen LogP contribution < -0.4 is 10.9 Å². The summed E-state index contributed by atoms with van der Waals surface area (Å²) < 4.78 is 3.57. The molecule has 1 aliphatic heterocycles. The van der Waals surface area contributed by atoms with Crippen LogP contribution in [0.4, 0.5) is 0 Å². The third-order valence-electron chi connectivity index (χ3n) is 5.62. The van der Waals surface area contributed by atoms with Gasteiger partial charge in [-0.15, -0.1) is 0 Å². The zero-order valence-corrected chi connectivity index (χ0v) is 16.6. The van der Waals surface area contributed by atoms with Gasteiger partial charge in [-0.25, -0.2) is 9.97 Å². The number of nitrogens with one attached hydrogen (secondary N) is 2. The summed E-state index contributed by atoms with van der Waals surface area (Å²) in [5.41, 5.74) is 2.86. The molecule has 28 heavy (non-hydrogen) atoms. The predicted molar refractivity (Wildman–Crippen MR) is 105 cm³/mol. The summed E-state index contributed by atoms with van der Waals surface area (Å²) in [6.07, 6.45) is 3.86. The lowest BCUT2D eigenvalue weighted by molar-refractivity contribution is -0.134. The van der Waals surface area contributed by atoms with Crippen molar-refractivity contribution in [1.82, 2.24) is 34.5 Å². The van der Waals surface area contributed by atoms with Crippen molar-refractivity contribution in [2.75, 3.05) is 19.6 Å². The lowest BCUT2D eigenvalue weighted by Crippen LogP contribution is -2.50. The first kappa shape index (κ1) is 18.4. The van der Waals surface area contributed by atoms with Gasteiger partial charge in [-0.1, -0.05) is 0 Å². The first-order valence-electron chi connectivity index (χ1n) is 9.40. The van der Waals surface area contributed by atoms with E-state index in [2.05, 4.69) is 20.4 Å². The molecule has 2 N–H and O–H groups in total. The molecule has 1 amide bonds. The van der Waals surface area contributed by atoms with Crippen LogP contribution >= 0.6 is 0 Å². The van der Waals surface area contributed by atoms with Crippen molar-refractivity contribution >= 4 is 16.9 Å². The Balaban J connectivity index is 1.68. The van der Waals surface area contributed by atoms with Crippen molar-refractivity contribution in [1.29, 1.82) is 0 Å². The summed E-state index contributed by atoms with van der Waals surface area (Å²) in [6.45, 7) is 5.82. The van der Waals surface area contributed by atoms with E-state index in [9.17, 15) is 9.59 Å². The molecule has 1 atom stereocenters. The second-order valence-corrected chi connectivity index (χ2v) is 7.38. The summed E-state index contributed by atoms with van der Waals surface area (Å²) >= 11 is 0. The number of hydrogen-bond donors (Lipinski definition) is 2. The Morgan fingerprint density at radius 1 is 1.32 bits per heavy atom. The minimum absolute atomic E-state index is 0.0224. The van der Waals surface area contributed by atoms with Crippen LogP contribution in [0.15, 0.2) is 17.2 Å². The van der Waals surface area contributed by atoms with E-state index in [-0.39, 0.29) is 23.9 Å². The number of H-pyrrole nitrogens is 1. The normalized spacial score (nSPS) is 17.4. The molecule has 0 aromatic carbocycles. The monoisotopic (exact) mass is 383 g/mol. The van der Waals surface area contributed by atoms with Gasteiger partial charge in [0, 0.05) is 51.8 Å². The quantitative estimate of drug-likeness (QED) is 0.679. The van der Waals surface area contributed by atoms with E-state index < -0.39 is 0 Å². The Labute approximate surface area is 162 Å². The first-order chi connectivity index (χ1) is 13.4. The number of aromatic nitrogens is 5. The molecular formula is C19H25N7O2. The van der Waals surface area contributed by atoms with Crippen molar-refractivity contribution in [3.63, 3.8) is 0 Å². The van der Waals surface area contributed by atoms with Gasteiger partial charge in [-0.2, -0.15) is 0 Å². The average Bonchev–Trinajstić information content (AvgIpc) is 3.21. The van der Waals surface area contributed by atoms with E-state index in [1.54, 1.807) is 17.9 Å². The minimum Gasteiger partial charge on any atom is -0.336 e. The van der Waals surface area contributed by atoms with Gasteiger partial charge < -0.3 is 14.8 Å². The van der Waals surface area contributed by atoms with E-state index in [0.717, 1.165) is 29.2 Å². The zero-order valence-electron chi connectivity index (χ0n) is 16.6. The van der Waals surface area contributed by atoms with Crippen molar-refractivity contribution in [3.8, 4) is 0 Å². The van der Waals surface area contributed by atoms with Crippen LogP contribution in [0.25, 0.3) is 11.0 Å². The predicted octanol–water partition coefficient (Wildman–Crippen LogP) is 0.328. The lowest BCUT2D eigenvalue weighted by Gasteiger charge is -2.36. The SMILES string of the molecule is Cc1nc2c(c(C)c1CC(=O)N1CCNCC1c1nccn1C)c(=O)[nH]n2C. The van der Waals surface area contributed by atoms with E-state index in [1.807, 2.05) is 36.6 Å².